The van der Waals surface area contributed by atoms with Crippen molar-refractivity contribution in [3.63, 3.8) is 0 Å². The maximum absolute atomic E-state index is 11.4. The molecule has 1 heterocycles. The van der Waals surface area contributed by atoms with Crippen molar-refractivity contribution in [3.8, 4) is 0 Å². The van der Waals surface area contributed by atoms with Gasteiger partial charge in [-0.2, -0.15) is 0 Å². The van der Waals surface area contributed by atoms with Crippen LogP contribution in [0.15, 0.2) is 12.1 Å². The highest BCUT2D eigenvalue weighted by Gasteiger charge is 2.11. The second-order valence-corrected chi connectivity index (χ2v) is 3.83. The van der Waals surface area contributed by atoms with E-state index in [0.29, 0.717) is 24.5 Å². The highest BCUT2D eigenvalue weighted by Crippen LogP contribution is 2.17. The van der Waals surface area contributed by atoms with E-state index in [1.165, 1.54) is 13.2 Å². The predicted molar refractivity (Wildman–Crippen MR) is 65.7 cm³/mol. The lowest BCUT2D eigenvalue weighted by Gasteiger charge is -2.18. The van der Waals surface area contributed by atoms with Crippen molar-refractivity contribution in [2.24, 2.45) is 0 Å². The lowest BCUT2D eigenvalue weighted by Crippen LogP contribution is -2.23. The smallest absolute Gasteiger partial charge is 0.338 e. The van der Waals surface area contributed by atoms with Crippen LogP contribution in [0, 0.1) is 0 Å². The zero-order chi connectivity index (χ0) is 12.8. The van der Waals surface area contributed by atoms with Crippen molar-refractivity contribution < 1.29 is 14.3 Å². The molecule has 0 aliphatic heterocycles. The predicted octanol–water partition coefficient (Wildman–Crippen LogP) is 1.60. The number of anilines is 1. The molecule has 0 N–H and O–H groups in total. The van der Waals surface area contributed by atoms with Gasteiger partial charge >= 0.3 is 5.97 Å². The molecule has 0 aliphatic rings. The SMILES string of the molecule is COCCN(C)c1cc(C(=O)OC)cc(Cl)n1. The summed E-state index contributed by atoms with van der Waals surface area (Å²) >= 11 is 5.85. The van der Waals surface area contributed by atoms with Gasteiger partial charge in [-0.1, -0.05) is 11.6 Å². The Morgan fingerprint density at radius 1 is 1.47 bits per heavy atom. The first-order valence-electron chi connectivity index (χ1n) is 5.04. The molecule has 94 valence electrons. The van der Waals surface area contributed by atoms with Crippen LogP contribution in [-0.4, -0.2) is 45.4 Å². The number of hydrogen-bond acceptors (Lipinski definition) is 5. The zero-order valence-electron chi connectivity index (χ0n) is 10.1. The molecule has 0 bridgehead atoms. The molecule has 0 aromatic carbocycles. The van der Waals surface area contributed by atoms with Gasteiger partial charge in [-0.05, 0) is 12.1 Å². The highest BCUT2D eigenvalue weighted by atomic mass is 35.5. The third kappa shape index (κ3) is 3.87. The van der Waals surface area contributed by atoms with E-state index in [4.69, 9.17) is 16.3 Å². The van der Waals surface area contributed by atoms with Crippen LogP contribution in [0.25, 0.3) is 0 Å². The number of ether oxygens (including phenoxy) is 2. The molecule has 0 saturated heterocycles. The zero-order valence-corrected chi connectivity index (χ0v) is 10.8. The lowest BCUT2D eigenvalue weighted by molar-refractivity contribution is 0.0600. The number of aromatic nitrogens is 1. The van der Waals surface area contributed by atoms with Gasteiger partial charge in [-0.3, -0.25) is 0 Å². The van der Waals surface area contributed by atoms with Crippen LogP contribution in [0.1, 0.15) is 10.4 Å². The number of pyridine rings is 1. The summed E-state index contributed by atoms with van der Waals surface area (Å²) in [6.07, 6.45) is 0. The number of halogens is 1. The summed E-state index contributed by atoms with van der Waals surface area (Å²) < 4.78 is 9.61. The first-order valence-corrected chi connectivity index (χ1v) is 5.42. The molecule has 0 amide bonds. The Morgan fingerprint density at radius 3 is 2.76 bits per heavy atom. The van der Waals surface area contributed by atoms with Gasteiger partial charge in [-0.15, -0.1) is 0 Å². The number of carbonyl (C=O) groups is 1. The van der Waals surface area contributed by atoms with Gasteiger partial charge in [0, 0.05) is 20.7 Å². The van der Waals surface area contributed by atoms with E-state index in [9.17, 15) is 4.79 Å². The van der Waals surface area contributed by atoms with E-state index < -0.39 is 5.97 Å². The van der Waals surface area contributed by atoms with Gasteiger partial charge in [0.05, 0.1) is 19.3 Å². The minimum atomic E-state index is -0.435. The monoisotopic (exact) mass is 258 g/mol. The maximum Gasteiger partial charge on any atom is 0.338 e. The number of carbonyl (C=O) groups excluding carboxylic acids is 1. The largest absolute Gasteiger partial charge is 0.465 e. The first kappa shape index (κ1) is 13.7. The van der Waals surface area contributed by atoms with Crippen molar-refractivity contribution in [2.45, 2.75) is 0 Å². The Balaban J connectivity index is 2.92. The number of likely N-dealkylation sites (N-methyl/N-ethyl adjacent to an activating group) is 1. The molecule has 5 nitrogen and oxygen atoms in total. The minimum Gasteiger partial charge on any atom is -0.465 e. The maximum atomic E-state index is 11.4. The number of nitrogens with zero attached hydrogens (tertiary/aromatic N) is 2. The van der Waals surface area contributed by atoms with Crippen LogP contribution >= 0.6 is 11.6 Å². The Hall–Kier alpha value is -1.33. The van der Waals surface area contributed by atoms with Gasteiger partial charge in [-0.25, -0.2) is 9.78 Å². The van der Waals surface area contributed by atoms with Gasteiger partial charge in [0.2, 0.25) is 0 Å². The van der Waals surface area contributed by atoms with Crippen molar-refractivity contribution in [1.29, 1.82) is 0 Å². The fourth-order valence-corrected chi connectivity index (χ4v) is 1.46. The van der Waals surface area contributed by atoms with Crippen LogP contribution in [0.2, 0.25) is 5.15 Å². The quantitative estimate of drug-likeness (QED) is 0.593. The Bertz CT molecular complexity index is 398. The van der Waals surface area contributed by atoms with Gasteiger partial charge < -0.3 is 14.4 Å². The molecule has 0 fully saturated rings. The Kier molecular flexibility index (Phi) is 5.18. The summed E-state index contributed by atoms with van der Waals surface area (Å²) in [6.45, 7) is 1.22. The average molecular weight is 259 g/mol. The summed E-state index contributed by atoms with van der Waals surface area (Å²) in [5.41, 5.74) is 0.381. The number of hydrogen-bond donors (Lipinski definition) is 0. The molecule has 0 spiro atoms. The Morgan fingerprint density at radius 2 is 2.18 bits per heavy atom. The van der Waals surface area contributed by atoms with E-state index in [1.54, 1.807) is 13.2 Å². The minimum absolute atomic E-state index is 0.257. The molecule has 0 atom stereocenters. The molecule has 6 heteroatoms. The molecule has 0 unspecified atom stereocenters. The number of methoxy groups -OCH3 is 2. The molecule has 1 aromatic heterocycles. The molecule has 0 aliphatic carbocycles. The highest BCUT2D eigenvalue weighted by molar-refractivity contribution is 6.29. The van der Waals surface area contributed by atoms with Crippen LogP contribution < -0.4 is 4.90 Å². The molecule has 0 saturated carbocycles. The summed E-state index contributed by atoms with van der Waals surface area (Å²) in [7, 11) is 4.79. The van der Waals surface area contributed by atoms with Gasteiger partial charge in [0.25, 0.3) is 0 Å². The summed E-state index contributed by atoms with van der Waals surface area (Å²) in [5.74, 6) is 0.172. The van der Waals surface area contributed by atoms with E-state index in [2.05, 4.69) is 9.72 Å². The van der Waals surface area contributed by atoms with E-state index in [0.717, 1.165) is 0 Å². The molecule has 1 aromatic rings. The summed E-state index contributed by atoms with van der Waals surface area (Å²) in [6, 6.07) is 3.11. The van der Waals surface area contributed by atoms with Crippen molar-refractivity contribution in [3.05, 3.63) is 22.8 Å². The second kappa shape index (κ2) is 6.42. The standard InChI is InChI=1S/C11H15ClN2O3/c1-14(4-5-16-2)10-7-8(11(15)17-3)6-9(12)13-10/h6-7H,4-5H2,1-3H3. The third-order valence-corrected chi connectivity index (χ3v) is 2.42. The summed E-state index contributed by atoms with van der Waals surface area (Å²) in [5, 5.41) is 0.257. The number of esters is 1. The normalized spacial score (nSPS) is 10.1. The van der Waals surface area contributed by atoms with Crippen LogP contribution in [0.3, 0.4) is 0 Å². The summed E-state index contributed by atoms with van der Waals surface area (Å²) in [4.78, 5) is 17.4. The van der Waals surface area contributed by atoms with E-state index in [1.807, 2.05) is 11.9 Å². The molecular formula is C11H15ClN2O3. The fourth-order valence-electron chi connectivity index (χ4n) is 1.26. The average Bonchev–Trinajstić information content (AvgIpc) is 2.34. The lowest BCUT2D eigenvalue weighted by atomic mass is 10.2. The van der Waals surface area contributed by atoms with Gasteiger partial charge in [0.15, 0.2) is 0 Å². The van der Waals surface area contributed by atoms with Gasteiger partial charge in [0.1, 0.15) is 11.0 Å². The number of rotatable bonds is 5. The fraction of sp³-hybridized carbons (Fsp3) is 0.455. The molecular weight excluding hydrogens is 244 g/mol. The third-order valence-electron chi connectivity index (χ3n) is 2.22. The molecule has 0 radical (unpaired) electrons. The first-order chi connectivity index (χ1) is 8.08. The van der Waals surface area contributed by atoms with Crippen LogP contribution in [0.5, 0.6) is 0 Å². The van der Waals surface area contributed by atoms with E-state index in [-0.39, 0.29) is 5.15 Å². The van der Waals surface area contributed by atoms with Crippen LogP contribution in [-0.2, 0) is 9.47 Å². The topological polar surface area (TPSA) is 51.7 Å². The molecule has 17 heavy (non-hydrogen) atoms. The van der Waals surface area contributed by atoms with Crippen molar-refractivity contribution in [1.82, 2.24) is 4.98 Å². The van der Waals surface area contributed by atoms with Crippen LogP contribution in [0.4, 0.5) is 5.82 Å². The Labute approximate surface area is 105 Å². The van der Waals surface area contributed by atoms with E-state index >= 15 is 0 Å². The van der Waals surface area contributed by atoms with Crippen molar-refractivity contribution >= 4 is 23.4 Å². The molecule has 1 rings (SSSR count). The second-order valence-electron chi connectivity index (χ2n) is 3.44. The van der Waals surface area contributed by atoms with Crippen molar-refractivity contribution in [2.75, 3.05) is 39.3 Å².